The van der Waals surface area contributed by atoms with E-state index in [1.165, 1.54) is 0 Å². The van der Waals surface area contributed by atoms with Gasteiger partial charge in [-0.3, -0.25) is 0 Å². The number of benzene rings is 1. The summed E-state index contributed by atoms with van der Waals surface area (Å²) in [6.07, 6.45) is 0. The van der Waals surface area contributed by atoms with E-state index in [2.05, 4.69) is 4.90 Å². The van der Waals surface area contributed by atoms with E-state index < -0.39 is 0 Å². The first-order chi connectivity index (χ1) is 8.04. The lowest BCUT2D eigenvalue weighted by Crippen LogP contribution is -2.13. The van der Waals surface area contributed by atoms with Crippen molar-refractivity contribution in [1.82, 2.24) is 4.90 Å². The maximum Gasteiger partial charge on any atom is 0.203 e. The van der Waals surface area contributed by atoms with Crippen molar-refractivity contribution in [2.75, 3.05) is 35.4 Å². The number of nitrogens with zero attached hydrogens (tertiary/aromatic N) is 1. The summed E-state index contributed by atoms with van der Waals surface area (Å²) in [5, 5.41) is 0. The lowest BCUT2D eigenvalue weighted by Gasteiger charge is -2.20. The third-order valence-corrected chi connectivity index (χ3v) is 2.63. The van der Waals surface area contributed by atoms with Crippen molar-refractivity contribution < 1.29 is 14.2 Å². The van der Waals surface area contributed by atoms with Crippen LogP contribution in [-0.2, 0) is 6.54 Å². The van der Waals surface area contributed by atoms with Crippen LogP contribution in [0.1, 0.15) is 11.1 Å². The Morgan fingerprint density at radius 1 is 1.00 bits per heavy atom. The minimum Gasteiger partial charge on any atom is -0.493 e. The maximum absolute atomic E-state index is 5.46. The average molecular weight is 239 g/mol. The second kappa shape index (κ2) is 5.77. The normalized spacial score (nSPS) is 10.5. The Morgan fingerprint density at radius 2 is 1.59 bits per heavy atom. The molecule has 0 radical (unpaired) electrons. The molecule has 0 saturated heterocycles. The van der Waals surface area contributed by atoms with Gasteiger partial charge in [-0.1, -0.05) is 0 Å². The fourth-order valence-electron chi connectivity index (χ4n) is 1.85. The second-order valence-corrected chi connectivity index (χ2v) is 4.18. The summed E-state index contributed by atoms with van der Waals surface area (Å²) in [6, 6.07) is 1.97. The van der Waals surface area contributed by atoms with E-state index in [9.17, 15) is 0 Å². The molecular weight excluding hydrogens is 218 g/mol. The first-order valence-electron chi connectivity index (χ1n) is 5.48. The summed E-state index contributed by atoms with van der Waals surface area (Å²) in [5.74, 6) is 2.10. The van der Waals surface area contributed by atoms with Gasteiger partial charge >= 0.3 is 0 Å². The number of methoxy groups -OCH3 is 3. The van der Waals surface area contributed by atoms with Crippen LogP contribution in [0.15, 0.2) is 6.07 Å². The molecule has 1 rings (SSSR count). The Morgan fingerprint density at radius 3 is 2.00 bits per heavy atom. The lowest BCUT2D eigenvalue weighted by atomic mass is 10.1. The van der Waals surface area contributed by atoms with Crippen molar-refractivity contribution in [2.24, 2.45) is 0 Å². The zero-order chi connectivity index (χ0) is 13.0. The molecule has 4 nitrogen and oxygen atoms in total. The predicted octanol–water partition coefficient (Wildman–Crippen LogP) is 2.08. The van der Waals surface area contributed by atoms with Crippen LogP contribution in [-0.4, -0.2) is 40.3 Å². The highest BCUT2D eigenvalue weighted by molar-refractivity contribution is 5.58. The smallest absolute Gasteiger partial charge is 0.203 e. The Balaban J connectivity index is 3.38. The van der Waals surface area contributed by atoms with Crippen molar-refractivity contribution >= 4 is 0 Å². The van der Waals surface area contributed by atoms with E-state index in [0.717, 1.165) is 23.4 Å². The van der Waals surface area contributed by atoms with Gasteiger partial charge in [0, 0.05) is 12.1 Å². The van der Waals surface area contributed by atoms with Crippen LogP contribution >= 0.6 is 0 Å². The molecule has 4 heteroatoms. The van der Waals surface area contributed by atoms with Gasteiger partial charge in [0.05, 0.1) is 21.3 Å². The molecule has 0 N–H and O–H groups in total. The van der Waals surface area contributed by atoms with E-state index in [4.69, 9.17) is 14.2 Å². The number of rotatable bonds is 5. The quantitative estimate of drug-likeness (QED) is 0.787. The molecule has 0 heterocycles. The van der Waals surface area contributed by atoms with Crippen molar-refractivity contribution in [3.63, 3.8) is 0 Å². The van der Waals surface area contributed by atoms with Gasteiger partial charge in [0.2, 0.25) is 5.75 Å². The third kappa shape index (κ3) is 2.82. The van der Waals surface area contributed by atoms with Gasteiger partial charge in [-0.2, -0.15) is 0 Å². The monoisotopic (exact) mass is 239 g/mol. The molecule has 0 fully saturated rings. The summed E-state index contributed by atoms with van der Waals surface area (Å²) >= 11 is 0. The molecule has 0 unspecified atom stereocenters. The Labute approximate surface area is 103 Å². The van der Waals surface area contributed by atoms with Crippen LogP contribution in [0.4, 0.5) is 0 Å². The molecule has 0 aliphatic rings. The molecule has 0 bridgehead atoms. The summed E-state index contributed by atoms with van der Waals surface area (Å²) in [5.41, 5.74) is 2.25. The molecule has 0 aliphatic carbocycles. The van der Waals surface area contributed by atoms with Crippen LogP contribution in [0, 0.1) is 6.92 Å². The van der Waals surface area contributed by atoms with Crippen LogP contribution in [0.25, 0.3) is 0 Å². The highest BCUT2D eigenvalue weighted by Gasteiger charge is 2.18. The van der Waals surface area contributed by atoms with E-state index >= 15 is 0 Å². The fourth-order valence-corrected chi connectivity index (χ4v) is 1.85. The first-order valence-corrected chi connectivity index (χ1v) is 5.48. The summed E-state index contributed by atoms with van der Waals surface area (Å²) in [6.45, 7) is 2.85. The highest BCUT2D eigenvalue weighted by Crippen LogP contribution is 2.42. The van der Waals surface area contributed by atoms with E-state index in [0.29, 0.717) is 11.5 Å². The summed E-state index contributed by atoms with van der Waals surface area (Å²) in [4.78, 5) is 2.09. The molecule has 0 saturated carbocycles. The van der Waals surface area contributed by atoms with E-state index in [-0.39, 0.29) is 0 Å². The van der Waals surface area contributed by atoms with Crippen LogP contribution in [0.2, 0.25) is 0 Å². The lowest BCUT2D eigenvalue weighted by molar-refractivity contribution is 0.315. The molecule has 0 atom stereocenters. The van der Waals surface area contributed by atoms with Crippen molar-refractivity contribution in [1.29, 1.82) is 0 Å². The highest BCUT2D eigenvalue weighted by atomic mass is 16.5. The van der Waals surface area contributed by atoms with Gasteiger partial charge < -0.3 is 19.1 Å². The number of aryl methyl sites for hydroxylation is 1. The van der Waals surface area contributed by atoms with Crippen LogP contribution in [0.5, 0.6) is 17.2 Å². The zero-order valence-electron chi connectivity index (χ0n) is 11.5. The molecule has 0 amide bonds. The third-order valence-electron chi connectivity index (χ3n) is 2.63. The van der Waals surface area contributed by atoms with Crippen molar-refractivity contribution in [2.45, 2.75) is 13.5 Å². The largest absolute Gasteiger partial charge is 0.493 e. The number of hydrogen-bond acceptors (Lipinski definition) is 4. The second-order valence-electron chi connectivity index (χ2n) is 4.18. The molecule has 96 valence electrons. The van der Waals surface area contributed by atoms with Crippen molar-refractivity contribution in [3.8, 4) is 17.2 Å². The van der Waals surface area contributed by atoms with Gasteiger partial charge in [-0.15, -0.1) is 0 Å². The average Bonchev–Trinajstić information content (AvgIpc) is 2.30. The first kappa shape index (κ1) is 13.6. The van der Waals surface area contributed by atoms with E-state index in [1.54, 1.807) is 21.3 Å². The van der Waals surface area contributed by atoms with Gasteiger partial charge in [0.1, 0.15) is 0 Å². The molecule has 1 aromatic carbocycles. The molecule has 0 spiro atoms. The molecule has 1 aromatic rings. The van der Waals surface area contributed by atoms with Gasteiger partial charge in [-0.05, 0) is 32.6 Å². The number of hydrogen-bond donors (Lipinski definition) is 0. The molecule has 0 aliphatic heterocycles. The molecular formula is C13H21NO3. The Kier molecular flexibility index (Phi) is 4.63. The topological polar surface area (TPSA) is 30.9 Å². The van der Waals surface area contributed by atoms with Gasteiger partial charge in [-0.25, -0.2) is 0 Å². The Hall–Kier alpha value is -1.42. The van der Waals surface area contributed by atoms with Gasteiger partial charge in [0.15, 0.2) is 11.5 Å². The van der Waals surface area contributed by atoms with Crippen molar-refractivity contribution in [3.05, 3.63) is 17.2 Å². The van der Waals surface area contributed by atoms with Crippen LogP contribution in [0.3, 0.4) is 0 Å². The minimum atomic E-state index is 0.650. The minimum absolute atomic E-state index is 0.650. The zero-order valence-corrected chi connectivity index (χ0v) is 11.5. The summed E-state index contributed by atoms with van der Waals surface area (Å²) < 4.78 is 16.1. The fraction of sp³-hybridized carbons (Fsp3) is 0.538. The molecule has 17 heavy (non-hydrogen) atoms. The number of ether oxygens (including phenoxy) is 3. The Bertz CT molecular complexity index is 389. The standard InChI is InChI=1S/C13H21NO3/c1-9-7-11(15-4)13(17-6)12(16-5)10(9)8-14(2)3/h7H,8H2,1-6H3. The van der Waals surface area contributed by atoms with Crippen LogP contribution < -0.4 is 14.2 Å². The van der Waals surface area contributed by atoms with E-state index in [1.807, 2.05) is 27.1 Å². The maximum atomic E-state index is 5.46. The SMILES string of the molecule is COc1cc(C)c(CN(C)C)c(OC)c1OC. The summed E-state index contributed by atoms with van der Waals surface area (Å²) in [7, 11) is 8.94. The predicted molar refractivity (Wildman–Crippen MR) is 68.2 cm³/mol. The molecule has 0 aromatic heterocycles. The van der Waals surface area contributed by atoms with Gasteiger partial charge in [0.25, 0.3) is 0 Å².